The number of carbonyl (C=O) groups is 1. The fourth-order valence-electron chi connectivity index (χ4n) is 2.97. The molecule has 0 bridgehead atoms. The van der Waals surface area contributed by atoms with Gasteiger partial charge in [-0.25, -0.2) is 9.67 Å². The molecule has 2 aromatic carbocycles. The first-order valence-electron chi connectivity index (χ1n) is 10.2. The fourth-order valence-corrected chi connectivity index (χ4v) is 3.87. The van der Waals surface area contributed by atoms with Crippen molar-refractivity contribution in [3.63, 3.8) is 0 Å². The molecule has 0 fully saturated rings. The minimum Gasteiger partial charge on any atom is -0.497 e. The first kappa shape index (κ1) is 21.7. The van der Waals surface area contributed by atoms with E-state index in [0.717, 1.165) is 32.2 Å². The molecule has 0 radical (unpaired) electrons. The number of methoxy groups -OCH3 is 1. The molecule has 0 saturated carbocycles. The zero-order chi connectivity index (χ0) is 22.7. The highest BCUT2D eigenvalue weighted by atomic mass is 32.1. The number of nitrogens with one attached hydrogen (secondary N) is 1. The van der Waals surface area contributed by atoms with Crippen LogP contribution in [0, 0.1) is 5.41 Å². The number of nitrogens with zero attached hydrogens (tertiary/aromatic N) is 4. The smallest absolute Gasteiger partial charge is 0.225 e. The summed E-state index contributed by atoms with van der Waals surface area (Å²) in [5.74, 6) is 0.815. The van der Waals surface area contributed by atoms with Gasteiger partial charge in [0, 0.05) is 5.41 Å². The number of benzene rings is 2. The number of hydrogen-bond acceptors (Lipinski definition) is 6. The molecule has 0 aliphatic heterocycles. The average Bonchev–Trinajstić information content (AvgIpc) is 3.41. The lowest BCUT2D eigenvalue weighted by atomic mass is 9.96. The Hall–Kier alpha value is -3.52. The monoisotopic (exact) mass is 447 g/mol. The minimum atomic E-state index is -0.433. The Morgan fingerprint density at radius 3 is 2.66 bits per heavy atom. The Balaban J connectivity index is 1.41. The van der Waals surface area contributed by atoms with Crippen LogP contribution in [0.25, 0.3) is 28.1 Å². The number of thiazole rings is 1. The number of amides is 1. The Bertz CT molecular complexity index is 1270. The third-order valence-corrected chi connectivity index (χ3v) is 5.82. The van der Waals surface area contributed by atoms with Gasteiger partial charge in [0.05, 0.1) is 35.8 Å². The molecule has 1 amide bonds. The highest BCUT2D eigenvalue weighted by Gasteiger charge is 2.20. The lowest BCUT2D eigenvalue weighted by molar-refractivity contribution is -0.128. The predicted octanol–water partition coefficient (Wildman–Crippen LogP) is 4.72. The van der Waals surface area contributed by atoms with Gasteiger partial charge in [-0.3, -0.25) is 4.79 Å². The van der Waals surface area contributed by atoms with E-state index < -0.39 is 5.41 Å². The standard InChI is InChI=1S/C24H25N5O2S/c1-24(2,3)23(30)25-14-17-15-29(28-27-17)18-8-5-16(6-9-18)7-12-22-26-20-11-10-19(31-4)13-21(20)32-22/h5-13,15H,14H2,1-4H3,(H,25,30)/b12-7+. The number of hydrogen-bond donors (Lipinski definition) is 1. The van der Waals surface area contributed by atoms with Gasteiger partial charge in [0.25, 0.3) is 0 Å². The summed E-state index contributed by atoms with van der Waals surface area (Å²) in [7, 11) is 1.66. The quantitative estimate of drug-likeness (QED) is 0.463. The summed E-state index contributed by atoms with van der Waals surface area (Å²) in [5, 5.41) is 12.1. The Morgan fingerprint density at radius 2 is 1.94 bits per heavy atom. The molecule has 0 unspecified atom stereocenters. The van der Waals surface area contributed by atoms with Gasteiger partial charge in [0.1, 0.15) is 16.5 Å². The average molecular weight is 448 g/mol. The molecule has 8 heteroatoms. The largest absolute Gasteiger partial charge is 0.497 e. The highest BCUT2D eigenvalue weighted by Crippen LogP contribution is 2.27. The second kappa shape index (κ2) is 8.92. The van der Waals surface area contributed by atoms with Gasteiger partial charge in [-0.1, -0.05) is 44.2 Å². The molecule has 2 heterocycles. The molecule has 7 nitrogen and oxygen atoms in total. The molecule has 164 valence electrons. The third kappa shape index (κ3) is 5.03. The molecule has 4 rings (SSSR count). The van der Waals surface area contributed by atoms with Crippen LogP contribution in [0.4, 0.5) is 0 Å². The van der Waals surface area contributed by atoms with Crippen LogP contribution < -0.4 is 10.1 Å². The van der Waals surface area contributed by atoms with Crippen LogP contribution in [-0.4, -0.2) is 33.0 Å². The van der Waals surface area contributed by atoms with Gasteiger partial charge < -0.3 is 10.1 Å². The predicted molar refractivity (Wildman–Crippen MR) is 128 cm³/mol. The van der Waals surface area contributed by atoms with Crippen LogP contribution >= 0.6 is 11.3 Å². The van der Waals surface area contributed by atoms with E-state index in [1.54, 1.807) is 23.1 Å². The normalized spacial score (nSPS) is 11.9. The molecule has 0 aliphatic carbocycles. The van der Waals surface area contributed by atoms with Crippen molar-refractivity contribution in [2.24, 2.45) is 5.41 Å². The molecule has 0 spiro atoms. The van der Waals surface area contributed by atoms with E-state index in [-0.39, 0.29) is 5.91 Å². The van der Waals surface area contributed by atoms with Crippen LogP contribution in [0.3, 0.4) is 0 Å². The van der Waals surface area contributed by atoms with Crippen molar-refractivity contribution in [2.45, 2.75) is 27.3 Å². The van der Waals surface area contributed by atoms with E-state index in [4.69, 9.17) is 4.74 Å². The van der Waals surface area contributed by atoms with Crippen LogP contribution in [0.5, 0.6) is 5.75 Å². The van der Waals surface area contributed by atoms with Gasteiger partial charge in [-0.05, 0) is 42.0 Å². The van der Waals surface area contributed by atoms with Crippen LogP contribution in [0.2, 0.25) is 0 Å². The molecule has 0 atom stereocenters. The summed E-state index contributed by atoms with van der Waals surface area (Å²) < 4.78 is 8.08. The van der Waals surface area contributed by atoms with Crippen molar-refractivity contribution >= 4 is 39.6 Å². The number of fused-ring (bicyclic) bond motifs is 1. The summed E-state index contributed by atoms with van der Waals surface area (Å²) in [6.45, 7) is 5.99. The highest BCUT2D eigenvalue weighted by molar-refractivity contribution is 7.19. The Labute approximate surface area is 190 Å². The molecule has 32 heavy (non-hydrogen) atoms. The number of rotatable bonds is 6. The van der Waals surface area contributed by atoms with E-state index >= 15 is 0 Å². The molecule has 1 N–H and O–H groups in total. The molecule has 4 aromatic rings. The van der Waals surface area contributed by atoms with Crippen molar-refractivity contribution in [2.75, 3.05) is 7.11 Å². The molecular formula is C24H25N5O2S. The van der Waals surface area contributed by atoms with Gasteiger partial charge in [-0.15, -0.1) is 16.4 Å². The zero-order valence-corrected chi connectivity index (χ0v) is 19.3. The van der Waals surface area contributed by atoms with Crippen molar-refractivity contribution in [3.05, 3.63) is 64.9 Å². The lowest BCUT2D eigenvalue weighted by Crippen LogP contribution is -2.34. The Morgan fingerprint density at radius 1 is 1.16 bits per heavy atom. The maximum Gasteiger partial charge on any atom is 0.225 e. The van der Waals surface area contributed by atoms with E-state index in [2.05, 4.69) is 20.6 Å². The van der Waals surface area contributed by atoms with E-state index in [1.165, 1.54) is 0 Å². The van der Waals surface area contributed by atoms with E-state index in [0.29, 0.717) is 12.2 Å². The number of ether oxygens (including phenoxy) is 1. The van der Waals surface area contributed by atoms with Crippen molar-refractivity contribution < 1.29 is 9.53 Å². The molecular weight excluding hydrogens is 422 g/mol. The maximum absolute atomic E-state index is 12.0. The third-order valence-electron chi connectivity index (χ3n) is 4.84. The zero-order valence-electron chi connectivity index (χ0n) is 18.5. The first-order valence-corrected chi connectivity index (χ1v) is 11.1. The Kier molecular flexibility index (Phi) is 6.05. The molecule has 0 aliphatic rings. The van der Waals surface area contributed by atoms with Crippen molar-refractivity contribution in [1.29, 1.82) is 0 Å². The van der Waals surface area contributed by atoms with E-state index in [9.17, 15) is 4.79 Å². The SMILES string of the molecule is COc1ccc2nc(/C=C/c3ccc(-n4cc(CNC(=O)C(C)(C)C)nn4)cc3)sc2c1. The van der Waals surface area contributed by atoms with Crippen molar-refractivity contribution in [3.8, 4) is 11.4 Å². The summed E-state index contributed by atoms with van der Waals surface area (Å²) >= 11 is 1.63. The molecule has 0 saturated heterocycles. The summed E-state index contributed by atoms with van der Waals surface area (Å²) in [6.07, 6.45) is 5.87. The maximum atomic E-state index is 12.0. The minimum absolute atomic E-state index is 0.0181. The van der Waals surface area contributed by atoms with Crippen LogP contribution in [0.1, 0.15) is 37.0 Å². The second-order valence-corrected chi connectivity index (χ2v) is 9.46. The summed E-state index contributed by atoms with van der Waals surface area (Å²) in [4.78, 5) is 16.7. The first-order chi connectivity index (χ1) is 15.3. The van der Waals surface area contributed by atoms with Gasteiger partial charge >= 0.3 is 0 Å². The van der Waals surface area contributed by atoms with E-state index in [1.807, 2.05) is 81.6 Å². The number of carbonyl (C=O) groups excluding carboxylic acids is 1. The fraction of sp³-hybridized carbons (Fsp3) is 0.250. The lowest BCUT2D eigenvalue weighted by Gasteiger charge is -2.16. The van der Waals surface area contributed by atoms with Gasteiger partial charge in [0.15, 0.2) is 0 Å². The van der Waals surface area contributed by atoms with Crippen molar-refractivity contribution in [1.82, 2.24) is 25.3 Å². The van der Waals surface area contributed by atoms with Gasteiger partial charge in [0.2, 0.25) is 5.91 Å². The van der Waals surface area contributed by atoms with Crippen LogP contribution in [-0.2, 0) is 11.3 Å². The topological polar surface area (TPSA) is 81.9 Å². The second-order valence-electron chi connectivity index (χ2n) is 8.40. The van der Waals surface area contributed by atoms with Gasteiger partial charge in [-0.2, -0.15) is 0 Å². The number of aromatic nitrogens is 4. The van der Waals surface area contributed by atoms with Crippen LogP contribution in [0.15, 0.2) is 48.7 Å². The molecule has 2 aromatic heterocycles. The summed E-state index contributed by atoms with van der Waals surface area (Å²) in [5.41, 5.74) is 3.20. The summed E-state index contributed by atoms with van der Waals surface area (Å²) in [6, 6.07) is 13.9.